The lowest BCUT2D eigenvalue weighted by molar-refractivity contribution is -0.118. The molecule has 0 saturated carbocycles. The first-order valence-corrected chi connectivity index (χ1v) is 6.27. The Balaban J connectivity index is 2.36. The van der Waals surface area contributed by atoms with Crippen molar-refractivity contribution in [2.75, 3.05) is 11.4 Å². The molecular formula is C14H17N3O. The van der Waals surface area contributed by atoms with Crippen molar-refractivity contribution in [2.45, 2.75) is 39.2 Å². The Morgan fingerprint density at radius 3 is 2.94 bits per heavy atom. The number of Topliss-reactive ketones (excluding diaryl/α,β-unsaturated/α-hetero) is 1. The molecule has 0 aliphatic carbocycles. The van der Waals surface area contributed by atoms with Crippen LogP contribution in [0.5, 0.6) is 0 Å². The van der Waals surface area contributed by atoms with Crippen molar-refractivity contribution in [1.82, 2.24) is 4.98 Å². The first kappa shape index (κ1) is 12.6. The Morgan fingerprint density at radius 1 is 1.50 bits per heavy atom. The summed E-state index contributed by atoms with van der Waals surface area (Å²) in [6.45, 7) is 4.34. The first-order valence-electron chi connectivity index (χ1n) is 6.27. The van der Waals surface area contributed by atoms with Crippen molar-refractivity contribution in [3.63, 3.8) is 0 Å². The van der Waals surface area contributed by atoms with Gasteiger partial charge in [-0.15, -0.1) is 0 Å². The number of pyridine rings is 1. The molecule has 1 unspecified atom stereocenters. The van der Waals surface area contributed by atoms with Gasteiger partial charge in [0, 0.05) is 12.2 Å². The van der Waals surface area contributed by atoms with E-state index >= 15 is 0 Å². The molecule has 2 heterocycles. The molecule has 1 aliphatic heterocycles. The number of nitrogens with zero attached hydrogens (tertiary/aromatic N) is 3. The average Bonchev–Trinajstić information content (AvgIpc) is 2.38. The molecule has 0 amide bonds. The third kappa shape index (κ3) is 2.51. The number of ketones is 1. The first-order chi connectivity index (χ1) is 8.61. The van der Waals surface area contributed by atoms with Crippen LogP contribution in [0, 0.1) is 18.3 Å². The standard InChI is InChI=1S/C14H17N3O/c1-10-7-12(9-15)8-14(16-10)17-6-4-3-5-13(17)11(2)18/h7-8,13H,3-6H2,1-2H3. The number of piperidine rings is 1. The van der Waals surface area contributed by atoms with Crippen LogP contribution in [0.3, 0.4) is 0 Å². The molecule has 2 rings (SSSR count). The van der Waals surface area contributed by atoms with Gasteiger partial charge in [-0.2, -0.15) is 5.26 Å². The Labute approximate surface area is 107 Å². The molecule has 1 fully saturated rings. The summed E-state index contributed by atoms with van der Waals surface area (Å²) in [5, 5.41) is 9.00. The maximum Gasteiger partial charge on any atom is 0.152 e. The van der Waals surface area contributed by atoms with Crippen molar-refractivity contribution in [1.29, 1.82) is 5.26 Å². The minimum atomic E-state index is -0.0837. The smallest absolute Gasteiger partial charge is 0.152 e. The highest BCUT2D eigenvalue weighted by Gasteiger charge is 2.27. The van der Waals surface area contributed by atoms with Crippen molar-refractivity contribution in [2.24, 2.45) is 0 Å². The normalized spacial score (nSPS) is 19.4. The number of anilines is 1. The highest BCUT2D eigenvalue weighted by Crippen LogP contribution is 2.24. The predicted octanol–water partition coefficient (Wildman–Crippen LogP) is 2.21. The van der Waals surface area contributed by atoms with Crippen LogP contribution < -0.4 is 4.90 Å². The number of carbonyl (C=O) groups is 1. The number of nitriles is 1. The quantitative estimate of drug-likeness (QED) is 0.799. The zero-order valence-electron chi connectivity index (χ0n) is 10.8. The third-order valence-electron chi connectivity index (χ3n) is 3.34. The number of hydrogen-bond donors (Lipinski definition) is 0. The number of hydrogen-bond acceptors (Lipinski definition) is 4. The largest absolute Gasteiger partial charge is 0.347 e. The van der Waals surface area contributed by atoms with Crippen molar-refractivity contribution in [3.05, 3.63) is 23.4 Å². The van der Waals surface area contributed by atoms with Gasteiger partial charge in [0.15, 0.2) is 5.78 Å². The molecule has 4 nitrogen and oxygen atoms in total. The second kappa shape index (κ2) is 5.18. The zero-order valence-corrected chi connectivity index (χ0v) is 10.8. The van der Waals surface area contributed by atoms with E-state index in [0.717, 1.165) is 37.3 Å². The molecule has 0 spiro atoms. The topological polar surface area (TPSA) is 57.0 Å². The van der Waals surface area contributed by atoms with E-state index in [9.17, 15) is 4.79 Å². The molecule has 1 atom stereocenters. The number of rotatable bonds is 2. The van der Waals surface area contributed by atoms with Crippen LogP contribution in [0.4, 0.5) is 5.82 Å². The van der Waals surface area contributed by atoms with Gasteiger partial charge in [0.1, 0.15) is 5.82 Å². The summed E-state index contributed by atoms with van der Waals surface area (Å²) in [5.41, 5.74) is 1.42. The Morgan fingerprint density at radius 2 is 2.28 bits per heavy atom. The van der Waals surface area contributed by atoms with Crippen LogP contribution in [0.25, 0.3) is 0 Å². The van der Waals surface area contributed by atoms with Crippen molar-refractivity contribution >= 4 is 11.6 Å². The summed E-state index contributed by atoms with van der Waals surface area (Å²) in [6.07, 6.45) is 3.03. The van der Waals surface area contributed by atoms with Crippen LogP contribution in [0.15, 0.2) is 12.1 Å². The minimum Gasteiger partial charge on any atom is -0.347 e. The summed E-state index contributed by atoms with van der Waals surface area (Å²) in [6, 6.07) is 5.59. The van der Waals surface area contributed by atoms with E-state index in [2.05, 4.69) is 11.1 Å². The maximum absolute atomic E-state index is 11.7. The zero-order chi connectivity index (χ0) is 13.1. The highest BCUT2D eigenvalue weighted by atomic mass is 16.1. The van der Waals surface area contributed by atoms with Crippen LogP contribution in [0.2, 0.25) is 0 Å². The van der Waals surface area contributed by atoms with E-state index in [1.807, 2.05) is 11.8 Å². The predicted molar refractivity (Wildman–Crippen MR) is 69.4 cm³/mol. The Bertz CT molecular complexity index is 504. The second-order valence-electron chi connectivity index (χ2n) is 4.78. The summed E-state index contributed by atoms with van der Waals surface area (Å²) in [4.78, 5) is 18.2. The lowest BCUT2D eigenvalue weighted by atomic mass is 9.99. The highest BCUT2D eigenvalue weighted by molar-refractivity contribution is 5.85. The summed E-state index contributed by atoms with van der Waals surface area (Å²) in [5.74, 6) is 0.933. The fraction of sp³-hybridized carbons (Fsp3) is 0.500. The summed E-state index contributed by atoms with van der Waals surface area (Å²) >= 11 is 0. The van der Waals surface area contributed by atoms with Gasteiger partial charge in [-0.25, -0.2) is 4.98 Å². The van der Waals surface area contributed by atoms with Crippen molar-refractivity contribution < 1.29 is 4.79 Å². The van der Waals surface area contributed by atoms with Gasteiger partial charge < -0.3 is 4.90 Å². The van der Waals surface area contributed by atoms with Gasteiger partial charge in [-0.1, -0.05) is 0 Å². The monoisotopic (exact) mass is 243 g/mol. The molecule has 0 aromatic carbocycles. The molecule has 0 bridgehead atoms. The van der Waals surface area contributed by atoms with E-state index < -0.39 is 0 Å². The molecular weight excluding hydrogens is 226 g/mol. The van der Waals surface area contributed by atoms with Gasteiger partial charge in [0.25, 0.3) is 0 Å². The maximum atomic E-state index is 11.7. The van der Waals surface area contributed by atoms with Gasteiger partial charge in [0.05, 0.1) is 17.7 Å². The van der Waals surface area contributed by atoms with E-state index in [1.54, 1.807) is 19.1 Å². The van der Waals surface area contributed by atoms with E-state index in [1.165, 1.54) is 0 Å². The van der Waals surface area contributed by atoms with E-state index in [4.69, 9.17) is 5.26 Å². The molecule has 18 heavy (non-hydrogen) atoms. The Hall–Kier alpha value is -1.89. The fourth-order valence-corrected chi connectivity index (χ4v) is 2.49. The number of aromatic nitrogens is 1. The number of carbonyl (C=O) groups excluding carboxylic acids is 1. The molecule has 0 N–H and O–H groups in total. The van der Waals surface area contributed by atoms with Gasteiger partial charge in [0.2, 0.25) is 0 Å². The number of aryl methyl sites for hydroxylation is 1. The SMILES string of the molecule is CC(=O)C1CCCCN1c1cc(C#N)cc(C)n1. The average molecular weight is 243 g/mol. The van der Waals surface area contributed by atoms with Crippen LogP contribution in [-0.2, 0) is 4.79 Å². The molecule has 1 aliphatic rings. The second-order valence-corrected chi connectivity index (χ2v) is 4.78. The lowest BCUT2D eigenvalue weighted by Crippen LogP contribution is -2.44. The summed E-state index contributed by atoms with van der Waals surface area (Å²) < 4.78 is 0. The molecule has 4 heteroatoms. The molecule has 0 radical (unpaired) electrons. The van der Waals surface area contributed by atoms with Crippen LogP contribution >= 0.6 is 0 Å². The third-order valence-corrected chi connectivity index (χ3v) is 3.34. The Kier molecular flexibility index (Phi) is 3.61. The summed E-state index contributed by atoms with van der Waals surface area (Å²) in [7, 11) is 0. The molecule has 1 saturated heterocycles. The molecule has 94 valence electrons. The van der Waals surface area contributed by atoms with Crippen LogP contribution in [0.1, 0.15) is 37.4 Å². The van der Waals surface area contributed by atoms with Gasteiger partial charge >= 0.3 is 0 Å². The van der Waals surface area contributed by atoms with Crippen LogP contribution in [-0.4, -0.2) is 23.4 Å². The fourth-order valence-electron chi connectivity index (χ4n) is 2.49. The van der Waals surface area contributed by atoms with Gasteiger partial charge in [-0.05, 0) is 45.2 Å². The van der Waals surface area contributed by atoms with Crippen molar-refractivity contribution in [3.8, 4) is 6.07 Å². The van der Waals surface area contributed by atoms with E-state index in [-0.39, 0.29) is 11.8 Å². The molecule has 1 aromatic rings. The van der Waals surface area contributed by atoms with Gasteiger partial charge in [-0.3, -0.25) is 4.79 Å². The van der Waals surface area contributed by atoms with E-state index in [0.29, 0.717) is 5.56 Å². The molecule has 1 aromatic heterocycles. The lowest BCUT2D eigenvalue weighted by Gasteiger charge is -2.35. The minimum absolute atomic E-state index is 0.0837.